The second-order valence-corrected chi connectivity index (χ2v) is 8.37. The average Bonchev–Trinajstić information content (AvgIpc) is 2.67. The first-order chi connectivity index (χ1) is 13.0. The molecule has 0 amide bonds. The van der Waals surface area contributed by atoms with E-state index in [1.807, 2.05) is 6.92 Å². The summed E-state index contributed by atoms with van der Waals surface area (Å²) in [7, 11) is 0. The summed E-state index contributed by atoms with van der Waals surface area (Å²) in [5.74, 6) is 0.352. The molecule has 3 rings (SSSR count). The summed E-state index contributed by atoms with van der Waals surface area (Å²) >= 11 is 0. The van der Waals surface area contributed by atoms with Gasteiger partial charge in [0, 0.05) is 23.0 Å². The van der Waals surface area contributed by atoms with Crippen molar-refractivity contribution in [1.29, 1.82) is 0 Å². The molecule has 27 heavy (non-hydrogen) atoms. The van der Waals surface area contributed by atoms with Crippen molar-refractivity contribution in [1.82, 2.24) is 0 Å². The normalized spacial score (nSPS) is 30.8. The third-order valence-corrected chi connectivity index (χ3v) is 6.37. The molecule has 1 heterocycles. The Kier molecular flexibility index (Phi) is 6.18. The summed E-state index contributed by atoms with van der Waals surface area (Å²) < 4.78 is 0. The first-order valence-electron chi connectivity index (χ1n) is 10.3. The van der Waals surface area contributed by atoms with Gasteiger partial charge in [-0.25, -0.2) is 0 Å². The number of aliphatic hydroxyl groups is 1. The lowest BCUT2D eigenvalue weighted by atomic mass is 9.62. The maximum absolute atomic E-state index is 12.1. The molecule has 1 aliphatic rings. The van der Waals surface area contributed by atoms with E-state index < -0.39 is 5.60 Å². The number of benzene rings is 2. The molecule has 1 fully saturated rings. The lowest BCUT2D eigenvalue weighted by Gasteiger charge is -2.51. The number of hydrogen-bond acceptors (Lipinski definition) is 1. The number of hydrogen-bond donors (Lipinski definition) is 2. The third kappa shape index (κ3) is 4.02. The zero-order valence-corrected chi connectivity index (χ0v) is 16.9. The fourth-order valence-electron chi connectivity index (χ4n) is 5.09. The van der Waals surface area contributed by atoms with Crippen LogP contribution in [0.3, 0.4) is 0 Å². The van der Waals surface area contributed by atoms with Crippen molar-refractivity contribution >= 4 is 0 Å². The molecule has 0 saturated carbocycles. The zero-order valence-electron chi connectivity index (χ0n) is 16.9. The summed E-state index contributed by atoms with van der Waals surface area (Å²) in [5.41, 5.74) is 2.91. The van der Waals surface area contributed by atoms with Crippen molar-refractivity contribution < 1.29 is 10.4 Å². The molecule has 0 radical (unpaired) electrons. The molecule has 0 aromatic heterocycles. The van der Waals surface area contributed by atoms with Gasteiger partial charge < -0.3 is 10.4 Å². The highest BCUT2D eigenvalue weighted by Gasteiger charge is 2.55. The first kappa shape index (κ1) is 19.9. The smallest absolute Gasteiger partial charge is 0.118 e. The van der Waals surface area contributed by atoms with Gasteiger partial charge in [-0.1, -0.05) is 86.5 Å². The molecule has 0 bridgehead atoms. The molecule has 2 nitrogen and oxygen atoms in total. The number of nitrogens with two attached hydrogens (primary N) is 1. The van der Waals surface area contributed by atoms with Crippen LogP contribution in [0, 0.1) is 11.8 Å². The molecule has 2 aromatic rings. The molecule has 5 atom stereocenters. The molecule has 0 spiro atoms. The molecule has 1 aliphatic heterocycles. The van der Waals surface area contributed by atoms with E-state index in [1.54, 1.807) is 0 Å². The SMILES string of the molecule is C=C(C)C[C@]1(O)[C@H](CCC)[C@H](c2ccccc2)[NH2+][C@H](c2ccccc2)[C@@H]1C. The van der Waals surface area contributed by atoms with Gasteiger partial charge in [0.1, 0.15) is 12.1 Å². The summed E-state index contributed by atoms with van der Waals surface area (Å²) in [6.45, 7) is 10.6. The van der Waals surface area contributed by atoms with Crippen LogP contribution in [0.15, 0.2) is 72.8 Å². The Hall–Kier alpha value is -1.90. The number of quaternary nitrogens is 1. The summed E-state index contributed by atoms with van der Waals surface area (Å²) in [5, 5.41) is 14.6. The molecule has 0 aliphatic carbocycles. The van der Waals surface area contributed by atoms with Crippen LogP contribution in [0.2, 0.25) is 0 Å². The Bertz CT molecular complexity index is 741. The maximum Gasteiger partial charge on any atom is 0.118 e. The largest absolute Gasteiger partial charge is 0.388 e. The Morgan fingerprint density at radius 3 is 2.00 bits per heavy atom. The van der Waals surface area contributed by atoms with E-state index >= 15 is 0 Å². The van der Waals surface area contributed by atoms with Crippen molar-refractivity contribution in [2.75, 3.05) is 0 Å². The second-order valence-electron chi connectivity index (χ2n) is 8.37. The average molecular weight is 365 g/mol. The number of piperidine rings is 1. The number of rotatable bonds is 6. The minimum atomic E-state index is -0.752. The summed E-state index contributed by atoms with van der Waals surface area (Å²) in [6.07, 6.45) is 2.76. The lowest BCUT2D eigenvalue weighted by Crippen LogP contribution is -2.93. The van der Waals surface area contributed by atoms with Gasteiger partial charge in [-0.3, -0.25) is 0 Å². The van der Waals surface area contributed by atoms with Crippen LogP contribution in [0.1, 0.15) is 63.2 Å². The van der Waals surface area contributed by atoms with E-state index in [4.69, 9.17) is 0 Å². The van der Waals surface area contributed by atoms with E-state index in [2.05, 4.69) is 86.4 Å². The quantitative estimate of drug-likeness (QED) is 0.710. The topological polar surface area (TPSA) is 36.8 Å². The van der Waals surface area contributed by atoms with Crippen molar-refractivity contribution in [3.05, 3.63) is 83.9 Å². The lowest BCUT2D eigenvalue weighted by molar-refractivity contribution is -0.764. The van der Waals surface area contributed by atoms with Gasteiger partial charge in [0.15, 0.2) is 0 Å². The highest BCUT2D eigenvalue weighted by Crippen LogP contribution is 2.47. The molecule has 2 heteroatoms. The second kappa shape index (κ2) is 8.41. The molecular formula is C25H34NO+. The van der Waals surface area contributed by atoms with Gasteiger partial charge in [-0.05, 0) is 19.8 Å². The van der Waals surface area contributed by atoms with E-state index in [0.29, 0.717) is 6.42 Å². The van der Waals surface area contributed by atoms with Gasteiger partial charge in [0.05, 0.1) is 5.60 Å². The molecule has 1 saturated heterocycles. The summed E-state index contributed by atoms with van der Waals surface area (Å²) in [6, 6.07) is 21.8. The highest BCUT2D eigenvalue weighted by molar-refractivity contribution is 5.24. The standard InChI is InChI=1S/C25H33NO/c1-5-12-22-24(21-15-10-7-11-16-21)26-23(20-13-8-6-9-14-20)19(4)25(22,27)17-18(2)3/h6-11,13-16,19,22-24,26-27H,2,5,12,17H2,1,3-4H3/p+1/t19-,22+,23-,24-,25+/m0/s1. The van der Waals surface area contributed by atoms with Crippen molar-refractivity contribution in [2.45, 2.75) is 57.7 Å². The minimum Gasteiger partial charge on any atom is -0.388 e. The predicted octanol–water partition coefficient (Wildman–Crippen LogP) is 4.80. The first-order valence-corrected chi connectivity index (χ1v) is 10.3. The highest BCUT2D eigenvalue weighted by atomic mass is 16.3. The third-order valence-electron chi connectivity index (χ3n) is 6.37. The monoisotopic (exact) mass is 364 g/mol. The Morgan fingerprint density at radius 1 is 1.00 bits per heavy atom. The van der Waals surface area contributed by atoms with Crippen molar-refractivity contribution in [3.63, 3.8) is 0 Å². The molecule has 144 valence electrons. The Morgan fingerprint density at radius 2 is 1.52 bits per heavy atom. The van der Waals surface area contributed by atoms with Crippen LogP contribution in [0.25, 0.3) is 0 Å². The van der Waals surface area contributed by atoms with Gasteiger partial charge in [-0.15, -0.1) is 6.58 Å². The minimum absolute atomic E-state index is 0.146. The van der Waals surface area contributed by atoms with E-state index in [0.717, 1.165) is 18.4 Å². The summed E-state index contributed by atoms with van der Waals surface area (Å²) in [4.78, 5) is 0. The maximum atomic E-state index is 12.1. The van der Waals surface area contributed by atoms with Gasteiger partial charge in [-0.2, -0.15) is 0 Å². The molecule has 3 N–H and O–H groups in total. The van der Waals surface area contributed by atoms with Crippen molar-refractivity contribution in [2.24, 2.45) is 11.8 Å². The van der Waals surface area contributed by atoms with E-state index in [9.17, 15) is 5.11 Å². The van der Waals surface area contributed by atoms with Crippen LogP contribution >= 0.6 is 0 Å². The van der Waals surface area contributed by atoms with Crippen molar-refractivity contribution in [3.8, 4) is 0 Å². The van der Waals surface area contributed by atoms with Crippen LogP contribution in [-0.2, 0) is 0 Å². The van der Waals surface area contributed by atoms with Crippen LogP contribution in [0.5, 0.6) is 0 Å². The van der Waals surface area contributed by atoms with Crippen LogP contribution in [0.4, 0.5) is 0 Å². The fourth-order valence-corrected chi connectivity index (χ4v) is 5.09. The van der Waals surface area contributed by atoms with Crippen LogP contribution in [-0.4, -0.2) is 10.7 Å². The van der Waals surface area contributed by atoms with Gasteiger partial charge in [0.25, 0.3) is 0 Å². The van der Waals surface area contributed by atoms with E-state index in [-0.39, 0.29) is 23.9 Å². The fraction of sp³-hybridized carbons (Fsp3) is 0.440. The van der Waals surface area contributed by atoms with Gasteiger partial charge in [0.2, 0.25) is 0 Å². The Labute approximate surface area is 164 Å². The van der Waals surface area contributed by atoms with E-state index in [1.165, 1.54) is 11.1 Å². The molecular weight excluding hydrogens is 330 g/mol. The predicted molar refractivity (Wildman–Crippen MR) is 112 cm³/mol. The van der Waals surface area contributed by atoms with Crippen LogP contribution < -0.4 is 5.32 Å². The zero-order chi connectivity index (χ0) is 19.4. The molecule has 2 aromatic carbocycles. The molecule has 0 unspecified atom stereocenters. The van der Waals surface area contributed by atoms with Gasteiger partial charge >= 0.3 is 0 Å². The Balaban J connectivity index is 2.09.